The fraction of sp³-hybridized carbons (Fsp3) is 0. The van der Waals surface area contributed by atoms with Gasteiger partial charge in [0, 0.05) is 10.4 Å². The van der Waals surface area contributed by atoms with E-state index in [1.54, 1.807) is 36.6 Å². The molecule has 1 aromatic carbocycles. The minimum Gasteiger partial charge on any atom is -0.463 e. The molecule has 0 aliphatic carbocycles. The van der Waals surface area contributed by atoms with E-state index < -0.39 is 0 Å². The summed E-state index contributed by atoms with van der Waals surface area (Å²) in [5, 5.41) is 1.35. The van der Waals surface area contributed by atoms with Crippen LogP contribution in [0.5, 0.6) is 0 Å². The fourth-order valence-corrected chi connectivity index (χ4v) is 2.03. The van der Waals surface area contributed by atoms with E-state index in [4.69, 9.17) is 27.5 Å². The normalized spacial score (nSPS) is 10.7. The lowest BCUT2D eigenvalue weighted by Crippen LogP contribution is -2.22. The predicted octanol–water partition coefficient (Wildman–Crippen LogP) is 2.45. The first-order valence-electron chi connectivity index (χ1n) is 5.74. The van der Waals surface area contributed by atoms with Gasteiger partial charge < -0.3 is 15.9 Å². The Morgan fingerprint density at radius 2 is 2.05 bits per heavy atom. The third-order valence-electron chi connectivity index (χ3n) is 2.63. The van der Waals surface area contributed by atoms with Crippen LogP contribution in [-0.4, -0.2) is 15.9 Å². The summed E-state index contributed by atoms with van der Waals surface area (Å²) in [7, 11) is 0. The van der Waals surface area contributed by atoms with Crippen molar-refractivity contribution in [2.24, 2.45) is 16.5 Å². The smallest absolute Gasteiger partial charge is 0.253 e. The molecule has 0 fully saturated rings. The van der Waals surface area contributed by atoms with Crippen molar-refractivity contribution in [3.8, 4) is 11.5 Å². The summed E-state index contributed by atoms with van der Waals surface area (Å²) < 4.78 is 5.38. The van der Waals surface area contributed by atoms with E-state index >= 15 is 0 Å². The van der Waals surface area contributed by atoms with Crippen LogP contribution in [0.25, 0.3) is 22.4 Å². The Kier molecular flexibility index (Phi) is 3.00. The minimum absolute atomic E-state index is 0.108. The van der Waals surface area contributed by atoms with Crippen molar-refractivity contribution < 1.29 is 4.42 Å². The molecule has 0 saturated carbocycles. The van der Waals surface area contributed by atoms with E-state index in [0.29, 0.717) is 22.0 Å². The average molecular weight is 288 g/mol. The summed E-state index contributed by atoms with van der Waals surface area (Å²) in [6, 6.07) is 8.85. The first-order chi connectivity index (χ1) is 9.63. The fourth-order valence-electron chi connectivity index (χ4n) is 1.85. The molecule has 3 aromatic rings. The number of furan rings is 1. The van der Waals surface area contributed by atoms with Crippen LogP contribution < -0.4 is 11.5 Å². The quantitative estimate of drug-likeness (QED) is 0.556. The Morgan fingerprint density at radius 1 is 1.20 bits per heavy atom. The van der Waals surface area contributed by atoms with Gasteiger partial charge >= 0.3 is 0 Å². The number of nitrogens with zero attached hydrogens (tertiary/aromatic N) is 3. The van der Waals surface area contributed by atoms with E-state index in [1.807, 2.05) is 0 Å². The maximum atomic E-state index is 6.02. The van der Waals surface area contributed by atoms with E-state index in [1.165, 1.54) is 0 Å². The minimum atomic E-state index is -0.108. The maximum absolute atomic E-state index is 6.02. The SMILES string of the molecule is NC(N)=Nc1nc(-c2ccco2)c2cc(Cl)ccc2n1. The number of aromatic nitrogens is 2. The number of hydrogen-bond donors (Lipinski definition) is 2. The van der Waals surface area contributed by atoms with Crippen LogP contribution in [-0.2, 0) is 0 Å². The number of hydrogen-bond acceptors (Lipinski definition) is 4. The van der Waals surface area contributed by atoms with Gasteiger partial charge in [0.15, 0.2) is 11.7 Å². The van der Waals surface area contributed by atoms with Crippen LogP contribution in [0, 0.1) is 0 Å². The summed E-state index contributed by atoms with van der Waals surface area (Å²) in [6.07, 6.45) is 1.56. The molecule has 2 aromatic heterocycles. The summed E-state index contributed by atoms with van der Waals surface area (Å²) in [5.74, 6) is 0.654. The van der Waals surface area contributed by atoms with Gasteiger partial charge in [0.1, 0.15) is 5.69 Å². The molecule has 2 heterocycles. The van der Waals surface area contributed by atoms with Gasteiger partial charge in [-0.1, -0.05) is 11.6 Å². The van der Waals surface area contributed by atoms with Crippen molar-refractivity contribution in [2.45, 2.75) is 0 Å². The van der Waals surface area contributed by atoms with E-state index in [-0.39, 0.29) is 11.9 Å². The zero-order chi connectivity index (χ0) is 14.1. The molecule has 0 atom stereocenters. The lowest BCUT2D eigenvalue weighted by atomic mass is 10.1. The van der Waals surface area contributed by atoms with E-state index in [0.717, 1.165) is 5.39 Å². The molecule has 20 heavy (non-hydrogen) atoms. The molecule has 0 amide bonds. The number of aliphatic imine (C=N–C) groups is 1. The number of guanidine groups is 1. The van der Waals surface area contributed by atoms with Crippen LogP contribution in [0.15, 0.2) is 46.0 Å². The van der Waals surface area contributed by atoms with Gasteiger partial charge in [-0.25, -0.2) is 9.97 Å². The number of fused-ring (bicyclic) bond motifs is 1. The molecular weight excluding hydrogens is 278 g/mol. The molecule has 0 aliphatic rings. The molecule has 100 valence electrons. The monoisotopic (exact) mass is 287 g/mol. The first-order valence-corrected chi connectivity index (χ1v) is 6.12. The van der Waals surface area contributed by atoms with Gasteiger partial charge in [-0.05, 0) is 30.3 Å². The van der Waals surface area contributed by atoms with Crippen LogP contribution in [0.4, 0.5) is 5.95 Å². The Morgan fingerprint density at radius 3 is 2.75 bits per heavy atom. The summed E-state index contributed by atoms with van der Waals surface area (Å²) in [4.78, 5) is 12.5. The highest BCUT2D eigenvalue weighted by atomic mass is 35.5. The summed E-state index contributed by atoms with van der Waals surface area (Å²) >= 11 is 6.02. The van der Waals surface area contributed by atoms with Gasteiger partial charge in [-0.3, -0.25) is 0 Å². The van der Waals surface area contributed by atoms with Crippen molar-refractivity contribution in [1.82, 2.24) is 9.97 Å². The van der Waals surface area contributed by atoms with Gasteiger partial charge in [0.2, 0.25) is 0 Å². The highest BCUT2D eigenvalue weighted by molar-refractivity contribution is 6.31. The third-order valence-corrected chi connectivity index (χ3v) is 2.86. The zero-order valence-corrected chi connectivity index (χ0v) is 11.0. The van der Waals surface area contributed by atoms with Gasteiger partial charge in [0.05, 0.1) is 11.8 Å². The van der Waals surface area contributed by atoms with Gasteiger partial charge in [0.25, 0.3) is 5.95 Å². The van der Waals surface area contributed by atoms with Crippen molar-refractivity contribution in [2.75, 3.05) is 0 Å². The van der Waals surface area contributed by atoms with E-state index in [2.05, 4.69) is 15.0 Å². The molecule has 0 saturated heterocycles. The predicted molar refractivity (Wildman–Crippen MR) is 77.7 cm³/mol. The molecule has 0 aliphatic heterocycles. The van der Waals surface area contributed by atoms with Crippen molar-refractivity contribution in [3.05, 3.63) is 41.6 Å². The average Bonchev–Trinajstić information content (AvgIpc) is 2.91. The molecular formula is C13H10ClN5O. The molecule has 4 N–H and O–H groups in total. The Labute approximate surface area is 119 Å². The number of rotatable bonds is 2. The van der Waals surface area contributed by atoms with Gasteiger partial charge in [-0.15, -0.1) is 0 Å². The molecule has 6 nitrogen and oxygen atoms in total. The number of benzene rings is 1. The van der Waals surface area contributed by atoms with Crippen molar-refractivity contribution in [1.29, 1.82) is 0 Å². The van der Waals surface area contributed by atoms with Crippen LogP contribution in [0.1, 0.15) is 0 Å². The molecule has 7 heteroatoms. The second-order valence-electron chi connectivity index (χ2n) is 4.05. The molecule has 0 unspecified atom stereocenters. The topological polar surface area (TPSA) is 103 Å². The number of halogens is 1. The zero-order valence-electron chi connectivity index (χ0n) is 10.2. The Balaban J connectivity index is 2.33. The third kappa shape index (κ3) is 2.28. The largest absolute Gasteiger partial charge is 0.463 e. The van der Waals surface area contributed by atoms with Crippen molar-refractivity contribution >= 4 is 34.4 Å². The summed E-state index contributed by atoms with van der Waals surface area (Å²) in [5.41, 5.74) is 12.0. The number of nitrogens with two attached hydrogens (primary N) is 2. The molecule has 0 spiro atoms. The molecule has 0 bridgehead atoms. The van der Waals surface area contributed by atoms with Crippen LogP contribution in [0.2, 0.25) is 5.02 Å². The Bertz CT molecular complexity index is 794. The maximum Gasteiger partial charge on any atom is 0.253 e. The highest BCUT2D eigenvalue weighted by Gasteiger charge is 2.12. The second-order valence-corrected chi connectivity index (χ2v) is 4.48. The highest BCUT2D eigenvalue weighted by Crippen LogP contribution is 2.30. The van der Waals surface area contributed by atoms with Crippen LogP contribution in [0.3, 0.4) is 0 Å². The molecule has 0 radical (unpaired) electrons. The second kappa shape index (κ2) is 4.82. The summed E-state index contributed by atoms with van der Waals surface area (Å²) in [6.45, 7) is 0. The standard InChI is InChI=1S/C13H10ClN5O/c14-7-3-4-9-8(6-7)11(10-2-1-5-20-10)18-13(17-9)19-12(15)16/h1-6H,(H4,15,16,17,18,19). The molecule has 3 rings (SSSR count). The van der Waals surface area contributed by atoms with Crippen molar-refractivity contribution in [3.63, 3.8) is 0 Å². The Hall–Kier alpha value is -2.60. The van der Waals surface area contributed by atoms with Gasteiger partial charge in [-0.2, -0.15) is 4.99 Å². The first kappa shape index (κ1) is 12.4. The lowest BCUT2D eigenvalue weighted by molar-refractivity contribution is 0.580. The van der Waals surface area contributed by atoms with E-state index in [9.17, 15) is 0 Å². The lowest BCUT2D eigenvalue weighted by Gasteiger charge is -2.05. The van der Waals surface area contributed by atoms with Crippen LogP contribution >= 0.6 is 11.6 Å².